The van der Waals surface area contributed by atoms with Crippen LogP contribution in [0.3, 0.4) is 0 Å². The Kier molecular flexibility index (Phi) is 5.00. The highest BCUT2D eigenvalue weighted by molar-refractivity contribution is 5.81. The summed E-state index contributed by atoms with van der Waals surface area (Å²) in [6, 6.07) is 9.70. The number of ether oxygens (including phenoxy) is 1. The highest BCUT2D eigenvalue weighted by Gasteiger charge is 2.28. The summed E-state index contributed by atoms with van der Waals surface area (Å²) < 4.78 is 5.59. The lowest BCUT2D eigenvalue weighted by atomic mass is 9.74. The molecule has 0 saturated heterocycles. The molecule has 0 bridgehead atoms. The largest absolute Gasteiger partial charge is 0.493 e. The molecular formula is C17H24O2. The summed E-state index contributed by atoms with van der Waals surface area (Å²) in [7, 11) is 0. The number of Topliss-reactive ketones (excluding diaryl/α,β-unsaturated/α-hetero) is 1. The minimum atomic E-state index is 0.269. The molecule has 1 fully saturated rings. The van der Waals surface area contributed by atoms with Crippen LogP contribution in [0.4, 0.5) is 0 Å². The zero-order chi connectivity index (χ0) is 13.7. The average molecular weight is 260 g/mol. The number of carbonyl (C=O) groups excluding carboxylic acids is 1. The zero-order valence-corrected chi connectivity index (χ0v) is 12.0. The molecule has 0 heterocycles. The van der Waals surface area contributed by atoms with Crippen molar-refractivity contribution >= 4 is 5.78 Å². The molecular weight excluding hydrogens is 236 g/mol. The lowest BCUT2D eigenvalue weighted by Crippen LogP contribution is -2.27. The van der Waals surface area contributed by atoms with Crippen LogP contribution < -0.4 is 4.74 Å². The smallest absolute Gasteiger partial charge is 0.139 e. The Hall–Kier alpha value is -1.31. The quantitative estimate of drug-likeness (QED) is 0.796. The second kappa shape index (κ2) is 6.74. The van der Waals surface area contributed by atoms with Crippen molar-refractivity contribution in [1.29, 1.82) is 0 Å². The van der Waals surface area contributed by atoms with E-state index in [0.717, 1.165) is 24.5 Å². The topological polar surface area (TPSA) is 26.3 Å². The molecule has 0 spiro atoms. The molecule has 0 aliphatic heterocycles. The molecule has 0 amide bonds. The first kappa shape index (κ1) is 14.1. The van der Waals surface area contributed by atoms with Gasteiger partial charge in [-0.2, -0.15) is 0 Å². The van der Waals surface area contributed by atoms with Crippen LogP contribution >= 0.6 is 0 Å². The third-order valence-corrected chi connectivity index (χ3v) is 4.41. The maximum Gasteiger partial charge on any atom is 0.139 e. The first-order valence-electron chi connectivity index (χ1n) is 7.37. The number of hydrogen-bond acceptors (Lipinski definition) is 2. The maximum atomic E-state index is 12.2. The third kappa shape index (κ3) is 4.09. The molecule has 19 heavy (non-hydrogen) atoms. The van der Waals surface area contributed by atoms with Gasteiger partial charge in [-0.25, -0.2) is 0 Å². The van der Waals surface area contributed by atoms with Gasteiger partial charge in [-0.3, -0.25) is 4.79 Å². The fourth-order valence-corrected chi connectivity index (χ4v) is 2.83. The predicted octanol–water partition coefficient (Wildman–Crippen LogP) is 4.10. The van der Waals surface area contributed by atoms with Gasteiger partial charge in [-0.1, -0.05) is 32.0 Å². The van der Waals surface area contributed by atoms with E-state index in [1.165, 1.54) is 6.42 Å². The number of benzene rings is 1. The van der Waals surface area contributed by atoms with Gasteiger partial charge in [0.1, 0.15) is 11.5 Å². The van der Waals surface area contributed by atoms with Gasteiger partial charge in [0.25, 0.3) is 0 Å². The first-order valence-corrected chi connectivity index (χ1v) is 7.37. The van der Waals surface area contributed by atoms with E-state index in [2.05, 4.69) is 13.8 Å². The van der Waals surface area contributed by atoms with Crippen LogP contribution in [0.25, 0.3) is 0 Å². The summed E-state index contributed by atoms with van der Waals surface area (Å²) in [4.78, 5) is 12.2. The zero-order valence-electron chi connectivity index (χ0n) is 12.0. The number of carbonyl (C=O) groups is 1. The Morgan fingerprint density at radius 3 is 2.58 bits per heavy atom. The van der Waals surface area contributed by atoms with Crippen molar-refractivity contribution in [3.05, 3.63) is 30.3 Å². The van der Waals surface area contributed by atoms with Gasteiger partial charge in [-0.15, -0.1) is 0 Å². The first-order chi connectivity index (χ1) is 9.16. The minimum Gasteiger partial charge on any atom is -0.493 e. The van der Waals surface area contributed by atoms with E-state index >= 15 is 0 Å². The second-order valence-corrected chi connectivity index (χ2v) is 5.84. The number of hydrogen-bond donors (Lipinski definition) is 0. The lowest BCUT2D eigenvalue weighted by molar-refractivity contribution is -0.125. The molecule has 1 aromatic carbocycles. The molecule has 3 atom stereocenters. The van der Waals surface area contributed by atoms with Crippen LogP contribution in [0.1, 0.15) is 39.5 Å². The monoisotopic (exact) mass is 260 g/mol. The van der Waals surface area contributed by atoms with E-state index in [0.29, 0.717) is 24.7 Å². The van der Waals surface area contributed by atoms with Crippen LogP contribution in [-0.4, -0.2) is 12.4 Å². The van der Waals surface area contributed by atoms with Gasteiger partial charge < -0.3 is 4.74 Å². The average Bonchev–Trinajstić information content (AvgIpc) is 2.43. The summed E-state index contributed by atoms with van der Waals surface area (Å²) in [6.07, 6.45) is 3.86. The summed E-state index contributed by atoms with van der Waals surface area (Å²) in [5, 5.41) is 0. The van der Waals surface area contributed by atoms with E-state index in [9.17, 15) is 4.79 Å². The summed E-state index contributed by atoms with van der Waals surface area (Å²) in [6.45, 7) is 5.07. The fourth-order valence-electron chi connectivity index (χ4n) is 2.83. The molecule has 1 aliphatic carbocycles. The molecule has 3 unspecified atom stereocenters. The molecule has 0 radical (unpaired) electrons. The van der Waals surface area contributed by atoms with E-state index in [1.807, 2.05) is 30.3 Å². The SMILES string of the molecule is CC1CCC(C(=O)CCOc2ccccc2)CC1C. The van der Waals surface area contributed by atoms with Crippen LogP contribution in [0.2, 0.25) is 0 Å². The van der Waals surface area contributed by atoms with Crippen molar-refractivity contribution < 1.29 is 9.53 Å². The predicted molar refractivity (Wildman–Crippen MR) is 77.2 cm³/mol. The summed E-state index contributed by atoms with van der Waals surface area (Å²) >= 11 is 0. The normalized spacial score (nSPS) is 26.9. The summed E-state index contributed by atoms with van der Waals surface area (Å²) in [5.74, 6) is 2.95. The van der Waals surface area contributed by atoms with E-state index in [-0.39, 0.29) is 5.92 Å². The van der Waals surface area contributed by atoms with Crippen molar-refractivity contribution in [3.8, 4) is 5.75 Å². The molecule has 104 valence electrons. The van der Waals surface area contributed by atoms with Crippen LogP contribution in [0.5, 0.6) is 5.75 Å². The standard InChI is InChI=1S/C17H24O2/c1-13-8-9-15(12-14(13)2)17(18)10-11-19-16-6-4-3-5-7-16/h3-7,13-15H,8-12H2,1-2H3. The second-order valence-electron chi connectivity index (χ2n) is 5.84. The molecule has 2 nitrogen and oxygen atoms in total. The molecule has 0 N–H and O–H groups in total. The minimum absolute atomic E-state index is 0.269. The van der Waals surface area contributed by atoms with Gasteiger partial charge in [0.2, 0.25) is 0 Å². The number of rotatable bonds is 5. The van der Waals surface area contributed by atoms with Gasteiger partial charge in [-0.05, 0) is 43.2 Å². The maximum absolute atomic E-state index is 12.2. The van der Waals surface area contributed by atoms with Crippen LogP contribution in [-0.2, 0) is 4.79 Å². The van der Waals surface area contributed by atoms with Gasteiger partial charge in [0, 0.05) is 12.3 Å². The summed E-state index contributed by atoms with van der Waals surface area (Å²) in [5.41, 5.74) is 0. The van der Waals surface area contributed by atoms with Gasteiger partial charge in [0.15, 0.2) is 0 Å². The molecule has 2 heteroatoms. The van der Waals surface area contributed by atoms with Crippen molar-refractivity contribution in [1.82, 2.24) is 0 Å². The van der Waals surface area contributed by atoms with Gasteiger partial charge in [0.05, 0.1) is 6.61 Å². The van der Waals surface area contributed by atoms with E-state index in [4.69, 9.17) is 4.74 Å². The number of para-hydroxylation sites is 1. The van der Waals surface area contributed by atoms with Crippen LogP contribution in [0.15, 0.2) is 30.3 Å². The van der Waals surface area contributed by atoms with E-state index < -0.39 is 0 Å². The third-order valence-electron chi connectivity index (χ3n) is 4.41. The Labute approximate surface area is 116 Å². The Morgan fingerprint density at radius 1 is 1.16 bits per heavy atom. The lowest BCUT2D eigenvalue weighted by Gasteiger charge is -2.31. The van der Waals surface area contributed by atoms with Crippen LogP contribution in [0, 0.1) is 17.8 Å². The van der Waals surface area contributed by atoms with Crippen molar-refractivity contribution in [3.63, 3.8) is 0 Å². The molecule has 2 rings (SSSR count). The van der Waals surface area contributed by atoms with Crippen molar-refractivity contribution in [2.75, 3.05) is 6.61 Å². The van der Waals surface area contributed by atoms with Crippen molar-refractivity contribution in [2.24, 2.45) is 17.8 Å². The molecule has 1 saturated carbocycles. The van der Waals surface area contributed by atoms with E-state index in [1.54, 1.807) is 0 Å². The molecule has 1 aromatic rings. The highest BCUT2D eigenvalue weighted by atomic mass is 16.5. The highest BCUT2D eigenvalue weighted by Crippen LogP contribution is 2.34. The Morgan fingerprint density at radius 2 is 1.89 bits per heavy atom. The Bertz CT molecular complexity index is 399. The molecule has 0 aromatic heterocycles. The number of ketones is 1. The Balaban J connectivity index is 1.73. The molecule has 1 aliphatic rings. The van der Waals surface area contributed by atoms with Gasteiger partial charge >= 0.3 is 0 Å². The fraction of sp³-hybridized carbons (Fsp3) is 0.588. The van der Waals surface area contributed by atoms with Crippen molar-refractivity contribution in [2.45, 2.75) is 39.5 Å².